The molecule has 0 amide bonds. The summed E-state index contributed by atoms with van der Waals surface area (Å²) in [6.45, 7) is 0. The summed E-state index contributed by atoms with van der Waals surface area (Å²) in [5.41, 5.74) is 16.7. The maximum atomic E-state index is 6.31. The molecule has 11 aromatic carbocycles. The molecule has 1 aromatic heterocycles. The standard InChI is InChI=1S/C62H41NO/c1-3-15-43(16-4-1)52-21-9-10-22-56(52)61-54(44-17-5-2-6-18-44)24-13-26-58(61)63(50-38-33-46(34-39-50)55-25-14-28-60-62(55)57-23-11-12-27-59(57)64-60)49-36-31-42(32-37-49)47-35-40-53-48(41-47)30-29-45-19-7-8-20-51(45)53/h1-41H. The minimum Gasteiger partial charge on any atom is -0.456 e. The molecule has 2 heteroatoms. The van der Waals surface area contributed by atoms with E-state index >= 15 is 0 Å². The summed E-state index contributed by atoms with van der Waals surface area (Å²) in [6.07, 6.45) is 0. The van der Waals surface area contributed by atoms with Crippen molar-refractivity contribution in [3.8, 4) is 55.6 Å². The van der Waals surface area contributed by atoms with Gasteiger partial charge in [-0.25, -0.2) is 0 Å². The Morgan fingerprint density at radius 2 is 0.797 bits per heavy atom. The molecule has 64 heavy (non-hydrogen) atoms. The molecule has 0 N–H and O–H groups in total. The van der Waals surface area contributed by atoms with Crippen LogP contribution in [0.5, 0.6) is 0 Å². The Kier molecular flexibility index (Phi) is 9.20. The Hall–Kier alpha value is -8.46. The van der Waals surface area contributed by atoms with Crippen molar-refractivity contribution in [2.24, 2.45) is 0 Å². The predicted molar refractivity (Wildman–Crippen MR) is 271 cm³/mol. The van der Waals surface area contributed by atoms with Crippen LogP contribution >= 0.6 is 0 Å². The van der Waals surface area contributed by atoms with Crippen LogP contribution in [-0.2, 0) is 0 Å². The zero-order valence-electron chi connectivity index (χ0n) is 35.0. The summed E-state index contributed by atoms with van der Waals surface area (Å²) in [6, 6.07) is 89.8. The molecule has 0 aliphatic heterocycles. The lowest BCUT2D eigenvalue weighted by Crippen LogP contribution is -2.12. The number of benzene rings is 11. The fraction of sp³-hybridized carbons (Fsp3) is 0. The first-order valence-electron chi connectivity index (χ1n) is 21.9. The van der Waals surface area contributed by atoms with Gasteiger partial charge in [-0.15, -0.1) is 0 Å². The average molecular weight is 816 g/mol. The highest BCUT2D eigenvalue weighted by Gasteiger charge is 2.23. The SMILES string of the molecule is c1ccc(-c2ccccc2-c2c(-c3ccccc3)cccc2N(c2ccc(-c3ccc4c(ccc5ccccc54)c3)cc2)c2ccc(-c3cccc4oc5ccccc5c34)cc2)cc1. The fourth-order valence-corrected chi connectivity index (χ4v) is 9.67. The highest BCUT2D eigenvalue weighted by Crippen LogP contribution is 2.49. The number of rotatable bonds is 8. The van der Waals surface area contributed by atoms with Gasteiger partial charge in [0.25, 0.3) is 0 Å². The average Bonchev–Trinajstić information content (AvgIpc) is 3.76. The van der Waals surface area contributed by atoms with Gasteiger partial charge in [0.05, 0.1) is 5.69 Å². The van der Waals surface area contributed by atoms with Crippen molar-refractivity contribution in [1.29, 1.82) is 0 Å². The van der Waals surface area contributed by atoms with Gasteiger partial charge in [-0.05, 0) is 120 Å². The Morgan fingerprint density at radius 1 is 0.281 bits per heavy atom. The molecular formula is C62H41NO. The van der Waals surface area contributed by atoms with Gasteiger partial charge in [0.2, 0.25) is 0 Å². The van der Waals surface area contributed by atoms with Crippen LogP contribution in [0.3, 0.4) is 0 Å². The van der Waals surface area contributed by atoms with Crippen molar-refractivity contribution >= 4 is 60.5 Å². The molecule has 0 fully saturated rings. The van der Waals surface area contributed by atoms with Crippen LogP contribution in [0.15, 0.2) is 253 Å². The summed E-state index contributed by atoms with van der Waals surface area (Å²) >= 11 is 0. The summed E-state index contributed by atoms with van der Waals surface area (Å²) < 4.78 is 6.31. The van der Waals surface area contributed by atoms with E-state index in [9.17, 15) is 0 Å². The number of hydrogen-bond acceptors (Lipinski definition) is 2. The Morgan fingerprint density at radius 3 is 1.56 bits per heavy atom. The first-order valence-corrected chi connectivity index (χ1v) is 21.9. The Bertz CT molecular complexity index is 3640. The number of anilines is 3. The van der Waals surface area contributed by atoms with Gasteiger partial charge in [-0.2, -0.15) is 0 Å². The monoisotopic (exact) mass is 815 g/mol. The molecule has 0 bridgehead atoms. The molecule has 12 rings (SSSR count). The van der Waals surface area contributed by atoms with Gasteiger partial charge in [0.15, 0.2) is 0 Å². The van der Waals surface area contributed by atoms with Crippen molar-refractivity contribution < 1.29 is 4.42 Å². The summed E-state index contributed by atoms with van der Waals surface area (Å²) in [5, 5.41) is 7.30. The van der Waals surface area contributed by atoms with Crippen LogP contribution in [-0.4, -0.2) is 0 Å². The van der Waals surface area contributed by atoms with E-state index < -0.39 is 0 Å². The molecule has 0 saturated carbocycles. The Balaban J connectivity index is 1.05. The smallest absolute Gasteiger partial charge is 0.136 e. The highest BCUT2D eigenvalue weighted by molar-refractivity contribution is 6.13. The highest BCUT2D eigenvalue weighted by atomic mass is 16.3. The lowest BCUT2D eigenvalue weighted by atomic mass is 9.87. The molecule has 0 atom stereocenters. The topological polar surface area (TPSA) is 16.4 Å². The van der Waals surface area contributed by atoms with E-state index in [4.69, 9.17) is 4.42 Å². The second kappa shape index (κ2) is 15.8. The first kappa shape index (κ1) is 37.3. The lowest BCUT2D eigenvalue weighted by Gasteiger charge is -2.30. The van der Waals surface area contributed by atoms with E-state index in [1.165, 1.54) is 54.9 Å². The molecule has 0 saturated heterocycles. The third-order valence-electron chi connectivity index (χ3n) is 12.7. The van der Waals surface area contributed by atoms with E-state index in [0.29, 0.717) is 0 Å². The molecule has 0 radical (unpaired) electrons. The van der Waals surface area contributed by atoms with Crippen LogP contribution in [0.4, 0.5) is 17.1 Å². The van der Waals surface area contributed by atoms with E-state index in [0.717, 1.165) is 61.3 Å². The lowest BCUT2D eigenvalue weighted by molar-refractivity contribution is 0.669. The number of nitrogens with zero attached hydrogens (tertiary/aromatic N) is 1. The molecular weight excluding hydrogens is 775 g/mol. The van der Waals surface area contributed by atoms with E-state index in [1.807, 2.05) is 12.1 Å². The number of para-hydroxylation sites is 1. The van der Waals surface area contributed by atoms with Crippen molar-refractivity contribution in [2.75, 3.05) is 4.90 Å². The van der Waals surface area contributed by atoms with Crippen LogP contribution in [0, 0.1) is 0 Å². The number of furan rings is 1. The molecule has 0 spiro atoms. The van der Waals surface area contributed by atoms with Gasteiger partial charge in [0, 0.05) is 27.7 Å². The second-order valence-electron chi connectivity index (χ2n) is 16.4. The zero-order chi connectivity index (χ0) is 42.4. The zero-order valence-corrected chi connectivity index (χ0v) is 35.0. The maximum absolute atomic E-state index is 6.31. The molecule has 0 aliphatic rings. The molecule has 12 aromatic rings. The van der Waals surface area contributed by atoms with E-state index in [2.05, 4.69) is 241 Å². The van der Waals surface area contributed by atoms with E-state index in [-0.39, 0.29) is 0 Å². The molecule has 0 unspecified atom stereocenters. The van der Waals surface area contributed by atoms with Gasteiger partial charge in [-0.1, -0.05) is 200 Å². The predicted octanol–water partition coefficient (Wildman–Crippen LogP) is 17.7. The third kappa shape index (κ3) is 6.52. The van der Waals surface area contributed by atoms with Gasteiger partial charge < -0.3 is 9.32 Å². The van der Waals surface area contributed by atoms with Crippen molar-refractivity contribution in [3.63, 3.8) is 0 Å². The Labute approximate surface area is 372 Å². The second-order valence-corrected chi connectivity index (χ2v) is 16.4. The van der Waals surface area contributed by atoms with Crippen LogP contribution < -0.4 is 4.90 Å². The minimum atomic E-state index is 0.892. The van der Waals surface area contributed by atoms with Crippen molar-refractivity contribution in [1.82, 2.24) is 0 Å². The normalized spacial score (nSPS) is 11.4. The van der Waals surface area contributed by atoms with Crippen LogP contribution in [0.1, 0.15) is 0 Å². The molecule has 300 valence electrons. The quantitative estimate of drug-likeness (QED) is 0.142. The molecule has 2 nitrogen and oxygen atoms in total. The van der Waals surface area contributed by atoms with Gasteiger partial charge in [-0.3, -0.25) is 0 Å². The third-order valence-corrected chi connectivity index (χ3v) is 12.7. The number of fused-ring (bicyclic) bond motifs is 6. The van der Waals surface area contributed by atoms with Gasteiger partial charge in [0.1, 0.15) is 11.2 Å². The van der Waals surface area contributed by atoms with Crippen molar-refractivity contribution in [3.05, 3.63) is 249 Å². The van der Waals surface area contributed by atoms with Crippen LogP contribution in [0.2, 0.25) is 0 Å². The summed E-state index contributed by atoms with van der Waals surface area (Å²) in [5.74, 6) is 0. The van der Waals surface area contributed by atoms with Crippen molar-refractivity contribution in [2.45, 2.75) is 0 Å². The first-order chi connectivity index (χ1) is 31.7. The van der Waals surface area contributed by atoms with Crippen LogP contribution in [0.25, 0.3) is 99.1 Å². The molecule has 0 aliphatic carbocycles. The van der Waals surface area contributed by atoms with E-state index in [1.54, 1.807) is 0 Å². The largest absolute Gasteiger partial charge is 0.456 e. The number of hydrogen-bond donors (Lipinski definition) is 0. The summed E-state index contributed by atoms with van der Waals surface area (Å²) in [4.78, 5) is 2.43. The summed E-state index contributed by atoms with van der Waals surface area (Å²) in [7, 11) is 0. The molecule has 1 heterocycles. The van der Waals surface area contributed by atoms with Gasteiger partial charge >= 0.3 is 0 Å². The fourth-order valence-electron chi connectivity index (χ4n) is 9.67. The minimum absolute atomic E-state index is 0.892. The maximum Gasteiger partial charge on any atom is 0.136 e.